The Hall–Kier alpha value is 0.260. The number of hydrogen-bond acceptors (Lipinski definition) is 2. The van der Waals surface area contributed by atoms with Gasteiger partial charge in [-0.3, -0.25) is 0 Å². The summed E-state index contributed by atoms with van der Waals surface area (Å²) in [6, 6.07) is 0. The van der Waals surface area contributed by atoms with E-state index in [4.69, 9.17) is 9.47 Å². The second-order valence-electron chi connectivity index (χ2n) is 2.97. The maximum absolute atomic E-state index is 12.3. The zero-order chi connectivity index (χ0) is 9.19. The Morgan fingerprint density at radius 3 is 2.67 bits per heavy atom. The lowest BCUT2D eigenvalue weighted by Gasteiger charge is -2.16. The summed E-state index contributed by atoms with van der Waals surface area (Å²) < 4.78 is 34.6. The lowest BCUT2D eigenvalue weighted by molar-refractivity contribution is -0.0859. The molecule has 0 radical (unpaired) electrons. The third kappa shape index (κ3) is 3.33. The monoisotopic (exact) mass is 244 g/mol. The molecule has 5 heteroatoms. The molecule has 0 bridgehead atoms. The van der Waals surface area contributed by atoms with Gasteiger partial charge in [-0.05, 0) is 0 Å². The molecule has 1 fully saturated rings. The maximum Gasteiger partial charge on any atom is 0.268 e. The van der Waals surface area contributed by atoms with Crippen molar-refractivity contribution in [2.45, 2.75) is 23.8 Å². The molecule has 0 N–H and O–H groups in total. The molecule has 2 atom stereocenters. The molecular weight excluding hydrogens is 234 g/mol. The normalized spacial score (nSPS) is 31.0. The van der Waals surface area contributed by atoms with Gasteiger partial charge < -0.3 is 9.47 Å². The van der Waals surface area contributed by atoms with Crippen molar-refractivity contribution >= 4 is 15.9 Å². The van der Waals surface area contributed by atoms with E-state index >= 15 is 0 Å². The summed E-state index contributed by atoms with van der Waals surface area (Å²) in [7, 11) is 0. The fourth-order valence-corrected chi connectivity index (χ4v) is 1.41. The fraction of sp³-hybridized carbons (Fsp3) is 1.00. The highest BCUT2D eigenvalue weighted by atomic mass is 79.9. The SMILES string of the molecule is CC(F)(F)COC1COCC1Br. The summed E-state index contributed by atoms with van der Waals surface area (Å²) in [5.41, 5.74) is 0. The number of alkyl halides is 3. The van der Waals surface area contributed by atoms with E-state index in [1.54, 1.807) is 0 Å². The summed E-state index contributed by atoms with van der Waals surface area (Å²) in [5.74, 6) is -2.75. The highest BCUT2D eigenvalue weighted by molar-refractivity contribution is 9.09. The minimum Gasteiger partial charge on any atom is -0.377 e. The molecule has 1 rings (SSSR count). The van der Waals surface area contributed by atoms with E-state index in [-0.39, 0.29) is 10.9 Å². The van der Waals surface area contributed by atoms with Crippen LogP contribution in [0.15, 0.2) is 0 Å². The van der Waals surface area contributed by atoms with Crippen LogP contribution in [0.25, 0.3) is 0 Å². The van der Waals surface area contributed by atoms with E-state index in [9.17, 15) is 8.78 Å². The van der Waals surface area contributed by atoms with Crippen LogP contribution in [0.3, 0.4) is 0 Å². The van der Waals surface area contributed by atoms with Crippen molar-refractivity contribution in [3.8, 4) is 0 Å². The van der Waals surface area contributed by atoms with Gasteiger partial charge in [-0.25, -0.2) is 8.78 Å². The lowest BCUT2D eigenvalue weighted by atomic mass is 10.3. The van der Waals surface area contributed by atoms with Crippen molar-refractivity contribution in [1.29, 1.82) is 0 Å². The van der Waals surface area contributed by atoms with Crippen molar-refractivity contribution in [3.05, 3.63) is 0 Å². The van der Waals surface area contributed by atoms with E-state index in [1.807, 2.05) is 0 Å². The lowest BCUT2D eigenvalue weighted by Crippen LogP contribution is -2.29. The number of halogens is 3. The Kier molecular flexibility index (Phi) is 3.43. The Morgan fingerprint density at radius 1 is 1.58 bits per heavy atom. The predicted octanol–water partition coefficient (Wildman–Crippen LogP) is 1.82. The molecule has 1 aliphatic heterocycles. The van der Waals surface area contributed by atoms with Gasteiger partial charge in [0.05, 0.1) is 24.1 Å². The van der Waals surface area contributed by atoms with Crippen molar-refractivity contribution in [3.63, 3.8) is 0 Å². The minimum atomic E-state index is -2.75. The zero-order valence-electron chi connectivity index (χ0n) is 6.73. The molecule has 12 heavy (non-hydrogen) atoms. The molecule has 2 nitrogen and oxygen atoms in total. The second kappa shape index (κ2) is 3.98. The smallest absolute Gasteiger partial charge is 0.268 e. The van der Waals surface area contributed by atoms with Gasteiger partial charge in [-0.1, -0.05) is 15.9 Å². The van der Waals surface area contributed by atoms with Gasteiger partial charge in [0.1, 0.15) is 6.61 Å². The van der Waals surface area contributed by atoms with Crippen LogP contribution in [0.4, 0.5) is 8.78 Å². The third-order valence-corrected chi connectivity index (χ3v) is 2.37. The minimum absolute atomic E-state index is 0.0415. The summed E-state index contributed by atoms with van der Waals surface area (Å²) in [5, 5.41) is 0. The van der Waals surface area contributed by atoms with Gasteiger partial charge in [-0.15, -0.1) is 0 Å². The van der Waals surface area contributed by atoms with Gasteiger partial charge in [0, 0.05) is 6.92 Å². The van der Waals surface area contributed by atoms with E-state index in [0.29, 0.717) is 13.2 Å². The van der Waals surface area contributed by atoms with Crippen LogP contribution >= 0.6 is 15.9 Å². The first-order chi connectivity index (χ1) is 5.49. The maximum atomic E-state index is 12.3. The number of ether oxygens (including phenoxy) is 2. The van der Waals surface area contributed by atoms with Crippen molar-refractivity contribution in [1.82, 2.24) is 0 Å². The average Bonchev–Trinajstić information content (AvgIpc) is 2.29. The van der Waals surface area contributed by atoms with Crippen LogP contribution in [0.5, 0.6) is 0 Å². The molecule has 0 aromatic carbocycles. The molecule has 0 aromatic rings. The molecule has 0 saturated carbocycles. The van der Waals surface area contributed by atoms with E-state index < -0.39 is 12.5 Å². The van der Waals surface area contributed by atoms with Crippen LogP contribution in [0, 0.1) is 0 Å². The van der Waals surface area contributed by atoms with E-state index in [1.165, 1.54) is 0 Å². The molecule has 1 heterocycles. The molecule has 0 spiro atoms. The van der Waals surface area contributed by atoms with Crippen LogP contribution in [-0.4, -0.2) is 36.7 Å². The standard InChI is InChI=1S/C7H11BrF2O2/c1-7(9,10)4-12-6-3-11-2-5(6)8/h5-6H,2-4H2,1H3. The predicted molar refractivity (Wildman–Crippen MR) is 43.9 cm³/mol. The quantitative estimate of drug-likeness (QED) is 0.706. The molecule has 1 aliphatic rings. The van der Waals surface area contributed by atoms with Crippen LogP contribution in [0.2, 0.25) is 0 Å². The Bertz CT molecular complexity index is 149. The molecular formula is C7H11BrF2O2. The first kappa shape index (κ1) is 10.3. The van der Waals surface area contributed by atoms with Crippen molar-refractivity contribution < 1.29 is 18.3 Å². The van der Waals surface area contributed by atoms with Crippen molar-refractivity contribution in [2.75, 3.05) is 19.8 Å². The highest BCUT2D eigenvalue weighted by Crippen LogP contribution is 2.20. The highest BCUT2D eigenvalue weighted by Gasteiger charge is 2.30. The first-order valence-corrected chi connectivity index (χ1v) is 4.62. The second-order valence-corrected chi connectivity index (χ2v) is 4.15. The van der Waals surface area contributed by atoms with Gasteiger partial charge >= 0.3 is 0 Å². The van der Waals surface area contributed by atoms with Gasteiger partial charge in [-0.2, -0.15) is 0 Å². The van der Waals surface area contributed by atoms with Crippen LogP contribution in [0.1, 0.15) is 6.92 Å². The molecule has 2 unspecified atom stereocenters. The number of rotatable bonds is 3. The Balaban J connectivity index is 2.23. The molecule has 0 amide bonds. The summed E-state index contributed by atoms with van der Waals surface area (Å²) in [6.45, 7) is 1.22. The van der Waals surface area contributed by atoms with Crippen LogP contribution < -0.4 is 0 Å². The summed E-state index contributed by atoms with van der Waals surface area (Å²) in [4.78, 5) is 0.0415. The molecule has 0 aromatic heterocycles. The third-order valence-electron chi connectivity index (χ3n) is 1.51. The molecule has 72 valence electrons. The van der Waals surface area contributed by atoms with E-state index in [2.05, 4.69) is 15.9 Å². The van der Waals surface area contributed by atoms with Gasteiger partial charge in [0.25, 0.3) is 5.92 Å². The molecule has 1 saturated heterocycles. The van der Waals surface area contributed by atoms with Gasteiger partial charge in [0.2, 0.25) is 0 Å². The largest absolute Gasteiger partial charge is 0.377 e. The topological polar surface area (TPSA) is 18.5 Å². The van der Waals surface area contributed by atoms with E-state index in [0.717, 1.165) is 6.92 Å². The average molecular weight is 245 g/mol. The zero-order valence-corrected chi connectivity index (χ0v) is 8.31. The number of hydrogen-bond donors (Lipinski definition) is 0. The summed E-state index contributed by atoms with van der Waals surface area (Å²) >= 11 is 3.28. The van der Waals surface area contributed by atoms with Crippen molar-refractivity contribution in [2.24, 2.45) is 0 Å². The fourth-order valence-electron chi connectivity index (χ4n) is 0.914. The first-order valence-electron chi connectivity index (χ1n) is 3.70. The molecule has 0 aliphatic carbocycles. The summed E-state index contributed by atoms with van der Waals surface area (Å²) in [6.07, 6.45) is -0.240. The van der Waals surface area contributed by atoms with Crippen LogP contribution in [-0.2, 0) is 9.47 Å². The van der Waals surface area contributed by atoms with Gasteiger partial charge in [0.15, 0.2) is 0 Å². The Labute approximate surface area is 78.3 Å². The Morgan fingerprint density at radius 2 is 2.25 bits per heavy atom.